The summed E-state index contributed by atoms with van der Waals surface area (Å²) in [6, 6.07) is 9.50. The first-order valence-electron chi connectivity index (χ1n) is 10.0. The number of rotatable bonds is 10. The largest absolute Gasteiger partial charge is 0.494 e. The van der Waals surface area contributed by atoms with Gasteiger partial charge in [-0.3, -0.25) is 9.69 Å². The fourth-order valence-corrected chi connectivity index (χ4v) is 4.41. The molecule has 9 heteroatoms. The number of fused-ring (bicyclic) bond motifs is 1. The topological polar surface area (TPSA) is 54.9 Å². The number of halogens is 2. The number of benzene rings is 2. The fourth-order valence-electron chi connectivity index (χ4n) is 3.11. The summed E-state index contributed by atoms with van der Waals surface area (Å²) >= 11 is 7.67. The van der Waals surface area contributed by atoms with Gasteiger partial charge in [-0.05, 0) is 37.4 Å². The Bertz CT molecular complexity index is 1040. The molecule has 0 bridgehead atoms. The number of ether oxygens (including phenoxy) is 2. The van der Waals surface area contributed by atoms with Crippen LogP contribution in [0, 0.1) is 5.82 Å². The van der Waals surface area contributed by atoms with E-state index in [4.69, 9.17) is 21.1 Å². The maximum absolute atomic E-state index is 13.9. The summed E-state index contributed by atoms with van der Waals surface area (Å²) in [5.41, 5.74) is 0.602. The number of hydrogen-bond donors (Lipinski definition) is 0. The van der Waals surface area contributed by atoms with Gasteiger partial charge >= 0.3 is 0 Å². The van der Waals surface area contributed by atoms with Crippen molar-refractivity contribution >= 4 is 44.2 Å². The molecule has 31 heavy (non-hydrogen) atoms. The van der Waals surface area contributed by atoms with E-state index in [1.54, 1.807) is 36.3 Å². The van der Waals surface area contributed by atoms with Gasteiger partial charge in [-0.1, -0.05) is 48.9 Å². The minimum Gasteiger partial charge on any atom is -0.494 e. The Morgan fingerprint density at radius 3 is 2.55 bits per heavy atom. The second kappa shape index (κ2) is 10.7. The molecule has 0 unspecified atom stereocenters. The number of carbonyl (C=O) groups excluding carboxylic acids is 1. The van der Waals surface area contributed by atoms with E-state index in [9.17, 15) is 9.18 Å². The minimum absolute atomic E-state index is 0.0357. The summed E-state index contributed by atoms with van der Waals surface area (Å²) in [7, 11) is 1.56. The predicted octanol–water partition coefficient (Wildman–Crippen LogP) is 4.85. The summed E-state index contributed by atoms with van der Waals surface area (Å²) in [6.07, 6.45) is 0. The normalized spacial score (nSPS) is 11.2. The van der Waals surface area contributed by atoms with E-state index in [-0.39, 0.29) is 18.3 Å². The highest BCUT2D eigenvalue weighted by Crippen LogP contribution is 2.38. The van der Waals surface area contributed by atoms with Gasteiger partial charge in [0.25, 0.3) is 5.91 Å². The zero-order valence-electron chi connectivity index (χ0n) is 17.7. The first-order chi connectivity index (χ1) is 15.0. The maximum Gasteiger partial charge on any atom is 0.266 e. The van der Waals surface area contributed by atoms with E-state index in [1.807, 2.05) is 0 Å². The average Bonchev–Trinajstić information content (AvgIpc) is 3.22. The lowest BCUT2D eigenvalue weighted by Crippen LogP contribution is -2.41. The Hall–Kier alpha value is -2.42. The molecule has 0 radical (unpaired) electrons. The van der Waals surface area contributed by atoms with E-state index in [1.165, 1.54) is 23.5 Å². The Morgan fingerprint density at radius 1 is 1.13 bits per heavy atom. The molecule has 0 aliphatic heterocycles. The lowest BCUT2D eigenvalue weighted by molar-refractivity contribution is -0.120. The smallest absolute Gasteiger partial charge is 0.266 e. The van der Waals surface area contributed by atoms with Crippen LogP contribution < -0.4 is 14.4 Å². The van der Waals surface area contributed by atoms with Gasteiger partial charge in [0.1, 0.15) is 11.3 Å². The zero-order chi connectivity index (χ0) is 22.4. The molecule has 0 N–H and O–H groups in total. The van der Waals surface area contributed by atoms with Crippen LogP contribution in [0.3, 0.4) is 0 Å². The minimum atomic E-state index is -0.513. The van der Waals surface area contributed by atoms with Gasteiger partial charge in [0.15, 0.2) is 23.3 Å². The number of methoxy groups -OCH3 is 1. The third-order valence-electron chi connectivity index (χ3n) is 4.92. The highest BCUT2D eigenvalue weighted by molar-refractivity contribution is 7.23. The summed E-state index contributed by atoms with van der Waals surface area (Å²) in [6.45, 7) is 6.65. The molecule has 0 aliphatic carbocycles. The molecule has 3 aromatic rings. The molecule has 0 fully saturated rings. The molecule has 3 rings (SSSR count). The Balaban J connectivity index is 1.88. The van der Waals surface area contributed by atoms with Gasteiger partial charge in [0.2, 0.25) is 0 Å². The van der Waals surface area contributed by atoms with Crippen molar-refractivity contribution in [2.75, 3.05) is 44.8 Å². The van der Waals surface area contributed by atoms with Crippen LogP contribution in [0.15, 0.2) is 36.4 Å². The number of thiazole rings is 1. The maximum atomic E-state index is 13.9. The van der Waals surface area contributed by atoms with E-state index in [2.05, 4.69) is 23.7 Å². The quantitative estimate of drug-likeness (QED) is 0.428. The lowest BCUT2D eigenvalue weighted by atomic mass is 10.3. The van der Waals surface area contributed by atoms with E-state index in [0.29, 0.717) is 34.5 Å². The molecule has 1 amide bonds. The van der Waals surface area contributed by atoms with Crippen molar-refractivity contribution in [2.45, 2.75) is 13.8 Å². The van der Waals surface area contributed by atoms with Crippen LogP contribution in [-0.2, 0) is 4.79 Å². The molecular formula is C22H25ClFN3O3S. The van der Waals surface area contributed by atoms with Gasteiger partial charge < -0.3 is 14.4 Å². The average molecular weight is 466 g/mol. The molecule has 0 atom stereocenters. The van der Waals surface area contributed by atoms with Crippen LogP contribution >= 0.6 is 22.9 Å². The second-order valence-corrected chi connectivity index (χ2v) is 8.10. The van der Waals surface area contributed by atoms with Gasteiger partial charge in [-0.25, -0.2) is 9.37 Å². The lowest BCUT2D eigenvalue weighted by Gasteiger charge is -2.24. The van der Waals surface area contributed by atoms with Crippen molar-refractivity contribution in [3.8, 4) is 11.5 Å². The van der Waals surface area contributed by atoms with Crippen LogP contribution in [0.2, 0.25) is 5.02 Å². The van der Waals surface area contributed by atoms with Crippen molar-refractivity contribution in [1.29, 1.82) is 0 Å². The summed E-state index contributed by atoms with van der Waals surface area (Å²) in [5.74, 6) is -0.208. The molecule has 6 nitrogen and oxygen atoms in total. The molecule has 2 aromatic carbocycles. The first-order valence-corrected chi connectivity index (χ1v) is 11.2. The Kier molecular flexibility index (Phi) is 8.06. The predicted molar refractivity (Wildman–Crippen MR) is 123 cm³/mol. The van der Waals surface area contributed by atoms with E-state index >= 15 is 0 Å². The number of para-hydroxylation sites is 1. The molecular weight excluding hydrogens is 441 g/mol. The highest BCUT2D eigenvalue weighted by Gasteiger charge is 2.23. The summed E-state index contributed by atoms with van der Waals surface area (Å²) < 4.78 is 25.5. The number of hydrogen-bond acceptors (Lipinski definition) is 6. The number of likely N-dealkylation sites (N-methyl/N-ethyl adjacent to an activating group) is 1. The summed E-state index contributed by atoms with van der Waals surface area (Å²) in [4.78, 5) is 21.5. The Labute approximate surface area is 190 Å². The summed E-state index contributed by atoms with van der Waals surface area (Å²) in [5, 5.41) is 1.04. The van der Waals surface area contributed by atoms with Crippen molar-refractivity contribution in [3.63, 3.8) is 0 Å². The molecule has 0 saturated carbocycles. The van der Waals surface area contributed by atoms with Crippen molar-refractivity contribution in [2.24, 2.45) is 0 Å². The van der Waals surface area contributed by atoms with Crippen LogP contribution in [0.4, 0.5) is 9.52 Å². The first kappa shape index (κ1) is 23.2. The van der Waals surface area contributed by atoms with Crippen LogP contribution in [-0.4, -0.2) is 55.7 Å². The van der Waals surface area contributed by atoms with Crippen LogP contribution in [0.5, 0.6) is 11.5 Å². The van der Waals surface area contributed by atoms with Gasteiger partial charge in [-0.2, -0.15) is 0 Å². The fraction of sp³-hybridized carbons (Fsp3) is 0.364. The molecule has 1 aromatic heterocycles. The molecule has 1 heterocycles. The second-order valence-electron chi connectivity index (χ2n) is 6.72. The van der Waals surface area contributed by atoms with Gasteiger partial charge in [0.05, 0.1) is 16.8 Å². The van der Waals surface area contributed by atoms with Crippen LogP contribution in [0.1, 0.15) is 13.8 Å². The third-order valence-corrected chi connectivity index (χ3v) is 6.46. The zero-order valence-corrected chi connectivity index (χ0v) is 19.3. The molecule has 166 valence electrons. The monoisotopic (exact) mass is 465 g/mol. The Morgan fingerprint density at radius 2 is 1.87 bits per heavy atom. The van der Waals surface area contributed by atoms with E-state index in [0.717, 1.165) is 17.8 Å². The SMILES string of the molecule is CCN(CC)CCN(C(=O)COc1ccccc1F)c1nc2c(OC)ccc(Cl)c2s1. The van der Waals surface area contributed by atoms with Crippen molar-refractivity contribution < 1.29 is 18.7 Å². The van der Waals surface area contributed by atoms with Gasteiger partial charge in [-0.15, -0.1) is 0 Å². The molecule has 0 aliphatic rings. The number of nitrogens with zero attached hydrogens (tertiary/aromatic N) is 3. The van der Waals surface area contributed by atoms with Crippen LogP contribution in [0.25, 0.3) is 10.2 Å². The third kappa shape index (κ3) is 5.44. The van der Waals surface area contributed by atoms with Gasteiger partial charge in [0, 0.05) is 13.1 Å². The van der Waals surface area contributed by atoms with Crippen molar-refractivity contribution in [3.05, 3.63) is 47.2 Å². The number of anilines is 1. The van der Waals surface area contributed by atoms with Crippen molar-refractivity contribution in [1.82, 2.24) is 9.88 Å². The highest BCUT2D eigenvalue weighted by atomic mass is 35.5. The number of amides is 1. The number of aromatic nitrogens is 1. The standard InChI is InChI=1S/C22H25ClFN3O3S/c1-4-26(5-2)12-13-27(19(28)14-30-17-9-7-6-8-16(17)24)22-25-20-18(29-3)11-10-15(23)21(20)31-22/h6-11H,4-5,12-14H2,1-3H3. The van der Waals surface area contributed by atoms with E-state index < -0.39 is 5.82 Å². The molecule has 0 saturated heterocycles. The number of carbonyl (C=O) groups is 1. The molecule has 0 spiro atoms.